The van der Waals surface area contributed by atoms with E-state index in [1.165, 1.54) is 12.1 Å². The summed E-state index contributed by atoms with van der Waals surface area (Å²) in [5, 5.41) is 10.1. The number of phenolic OH excluding ortho intramolecular Hbond substituents is 1. The minimum atomic E-state index is -0.637. The van der Waals surface area contributed by atoms with Crippen LogP contribution in [0.1, 0.15) is 41.0 Å². The molecule has 0 bridgehead atoms. The van der Waals surface area contributed by atoms with Crippen molar-refractivity contribution in [2.45, 2.75) is 26.5 Å². The zero-order valence-corrected chi connectivity index (χ0v) is 12.9. The number of benzene rings is 1. The third kappa shape index (κ3) is 3.64. The lowest BCUT2D eigenvalue weighted by Crippen LogP contribution is -2.44. The van der Waals surface area contributed by atoms with Crippen molar-refractivity contribution in [3.8, 4) is 5.75 Å². The van der Waals surface area contributed by atoms with Crippen LogP contribution >= 0.6 is 0 Å². The molecule has 120 valence electrons. The van der Waals surface area contributed by atoms with Gasteiger partial charge >= 0.3 is 5.97 Å². The number of rotatable bonds is 5. The molecule has 0 amide bonds. The van der Waals surface area contributed by atoms with Gasteiger partial charge in [-0.15, -0.1) is 0 Å². The van der Waals surface area contributed by atoms with Crippen LogP contribution in [-0.4, -0.2) is 54.3 Å². The summed E-state index contributed by atoms with van der Waals surface area (Å²) in [5.41, 5.74) is 0.162. The second-order valence-electron chi connectivity index (χ2n) is 5.13. The quantitative estimate of drug-likeness (QED) is 0.660. The van der Waals surface area contributed by atoms with Gasteiger partial charge in [0.1, 0.15) is 11.3 Å². The second-order valence-corrected chi connectivity index (χ2v) is 5.13. The molecule has 1 N–H and O–H groups in total. The number of carbonyl (C=O) groups is 2. The van der Waals surface area contributed by atoms with Crippen LogP contribution in [0, 0.1) is 0 Å². The molecular weight excluding hydrogens is 286 g/mol. The number of morpholine rings is 1. The molecule has 1 saturated heterocycles. The van der Waals surface area contributed by atoms with Gasteiger partial charge in [0.25, 0.3) is 0 Å². The van der Waals surface area contributed by atoms with Crippen LogP contribution in [0.5, 0.6) is 5.75 Å². The highest BCUT2D eigenvalue weighted by Gasteiger charge is 2.24. The van der Waals surface area contributed by atoms with E-state index in [9.17, 15) is 14.7 Å². The Hall–Kier alpha value is -1.92. The lowest BCUT2D eigenvalue weighted by atomic mass is 10.0. The Balaban J connectivity index is 2.10. The van der Waals surface area contributed by atoms with E-state index < -0.39 is 12.2 Å². The van der Waals surface area contributed by atoms with Gasteiger partial charge < -0.3 is 14.6 Å². The summed E-state index contributed by atoms with van der Waals surface area (Å²) >= 11 is 0. The Morgan fingerprint density at radius 1 is 1.32 bits per heavy atom. The molecule has 1 unspecified atom stereocenters. The van der Waals surface area contributed by atoms with Gasteiger partial charge in [-0.3, -0.25) is 9.69 Å². The van der Waals surface area contributed by atoms with E-state index in [0.29, 0.717) is 26.3 Å². The van der Waals surface area contributed by atoms with Crippen LogP contribution in [0.2, 0.25) is 0 Å². The van der Waals surface area contributed by atoms with Crippen molar-refractivity contribution in [1.29, 1.82) is 0 Å². The predicted octanol–water partition coefficient (Wildman–Crippen LogP) is 1.82. The summed E-state index contributed by atoms with van der Waals surface area (Å²) in [6, 6.07) is 4.53. The number of esters is 1. The summed E-state index contributed by atoms with van der Waals surface area (Å²) in [7, 11) is 0. The van der Waals surface area contributed by atoms with Crippen molar-refractivity contribution < 1.29 is 24.2 Å². The minimum Gasteiger partial charge on any atom is -0.506 e. The van der Waals surface area contributed by atoms with Crippen LogP contribution in [-0.2, 0) is 9.47 Å². The number of carbonyl (C=O) groups excluding carboxylic acids is 2. The number of hydrogen-bond acceptors (Lipinski definition) is 6. The molecule has 1 aromatic carbocycles. The Kier molecular flexibility index (Phi) is 5.51. The normalized spacial score (nSPS) is 17.0. The van der Waals surface area contributed by atoms with Crippen molar-refractivity contribution in [3.63, 3.8) is 0 Å². The average molecular weight is 307 g/mol. The fraction of sp³-hybridized carbons (Fsp3) is 0.500. The van der Waals surface area contributed by atoms with Gasteiger partial charge in [0.2, 0.25) is 0 Å². The zero-order valence-electron chi connectivity index (χ0n) is 12.9. The Morgan fingerprint density at radius 2 is 1.95 bits per heavy atom. The number of para-hydroxylation sites is 1. The molecule has 0 spiro atoms. The maximum absolute atomic E-state index is 12.2. The van der Waals surface area contributed by atoms with Crippen molar-refractivity contribution in [3.05, 3.63) is 29.3 Å². The number of phenols is 1. The number of ether oxygens (including phenoxy) is 2. The van der Waals surface area contributed by atoms with Gasteiger partial charge in [0, 0.05) is 19.5 Å². The van der Waals surface area contributed by atoms with Crippen molar-refractivity contribution >= 4 is 11.8 Å². The monoisotopic (exact) mass is 307 g/mol. The van der Waals surface area contributed by atoms with Gasteiger partial charge in [0.05, 0.1) is 18.8 Å². The first-order valence-corrected chi connectivity index (χ1v) is 7.42. The van der Waals surface area contributed by atoms with Gasteiger partial charge in [-0.2, -0.15) is 0 Å². The molecule has 1 fully saturated rings. The molecule has 1 heterocycles. The molecular formula is C16H21NO5. The van der Waals surface area contributed by atoms with Gasteiger partial charge in [-0.1, -0.05) is 13.0 Å². The molecule has 1 aromatic rings. The highest BCUT2D eigenvalue weighted by Crippen LogP contribution is 2.25. The van der Waals surface area contributed by atoms with E-state index in [1.54, 1.807) is 19.9 Å². The van der Waals surface area contributed by atoms with Gasteiger partial charge in [-0.25, -0.2) is 4.79 Å². The lowest BCUT2D eigenvalue weighted by Gasteiger charge is -2.31. The second kappa shape index (κ2) is 7.38. The minimum absolute atomic E-state index is 0.0133. The van der Waals surface area contributed by atoms with Crippen LogP contribution in [0.15, 0.2) is 18.2 Å². The van der Waals surface area contributed by atoms with Gasteiger partial charge in [0.15, 0.2) is 12.0 Å². The highest BCUT2D eigenvalue weighted by atomic mass is 16.6. The summed E-state index contributed by atoms with van der Waals surface area (Å²) < 4.78 is 10.6. The first-order chi connectivity index (χ1) is 10.5. The van der Waals surface area contributed by atoms with E-state index in [0.717, 1.165) is 0 Å². The lowest BCUT2D eigenvalue weighted by molar-refractivity contribution is -0.0637. The first-order valence-electron chi connectivity index (χ1n) is 7.42. The number of nitrogens with zero attached hydrogens (tertiary/aromatic N) is 1. The Bertz CT molecular complexity index is 551. The third-order valence-corrected chi connectivity index (χ3v) is 3.71. The van der Waals surface area contributed by atoms with Crippen molar-refractivity contribution in [2.75, 3.05) is 26.3 Å². The summed E-state index contributed by atoms with van der Waals surface area (Å²) in [4.78, 5) is 26.0. The highest BCUT2D eigenvalue weighted by molar-refractivity contribution is 6.03. The van der Waals surface area contributed by atoms with Crippen LogP contribution < -0.4 is 0 Å². The molecule has 2 rings (SSSR count). The smallest absolute Gasteiger partial charge is 0.343 e. The summed E-state index contributed by atoms with van der Waals surface area (Å²) in [6.07, 6.45) is -0.155. The molecule has 0 radical (unpaired) electrons. The summed E-state index contributed by atoms with van der Waals surface area (Å²) in [5.74, 6) is -1.16. The molecule has 22 heavy (non-hydrogen) atoms. The SMILES string of the molecule is CCC(=O)c1cccc(C(=O)OC(C)N2CCOCC2)c1O. The Labute approximate surface area is 129 Å². The van der Waals surface area contributed by atoms with E-state index >= 15 is 0 Å². The molecule has 6 nitrogen and oxygen atoms in total. The number of ketones is 1. The molecule has 6 heteroatoms. The summed E-state index contributed by atoms with van der Waals surface area (Å²) in [6.45, 7) is 6.07. The van der Waals surface area contributed by atoms with E-state index in [4.69, 9.17) is 9.47 Å². The van der Waals surface area contributed by atoms with E-state index in [2.05, 4.69) is 0 Å². The molecule has 0 aromatic heterocycles. The maximum Gasteiger partial charge on any atom is 0.343 e. The van der Waals surface area contributed by atoms with Crippen molar-refractivity contribution in [2.24, 2.45) is 0 Å². The number of hydrogen-bond donors (Lipinski definition) is 1. The standard InChI is InChI=1S/C16H21NO5/c1-3-14(18)12-5-4-6-13(15(12)19)16(20)22-11(2)17-7-9-21-10-8-17/h4-6,11,19H,3,7-10H2,1-2H3. The molecule has 0 aliphatic carbocycles. The molecule has 1 aliphatic rings. The predicted molar refractivity (Wildman–Crippen MR) is 80.0 cm³/mol. The molecule has 0 saturated carbocycles. The zero-order chi connectivity index (χ0) is 16.1. The van der Waals surface area contributed by atoms with Gasteiger partial charge in [-0.05, 0) is 19.1 Å². The van der Waals surface area contributed by atoms with E-state index in [1.807, 2.05) is 4.90 Å². The van der Waals surface area contributed by atoms with Crippen molar-refractivity contribution in [1.82, 2.24) is 4.90 Å². The largest absolute Gasteiger partial charge is 0.506 e. The molecule has 1 aliphatic heterocycles. The topological polar surface area (TPSA) is 76.1 Å². The average Bonchev–Trinajstić information content (AvgIpc) is 2.55. The first kappa shape index (κ1) is 16.5. The Morgan fingerprint density at radius 3 is 2.59 bits per heavy atom. The number of Topliss-reactive ketones (excluding diaryl/α,β-unsaturated/α-hetero) is 1. The van der Waals surface area contributed by atoms with Crippen LogP contribution in [0.4, 0.5) is 0 Å². The maximum atomic E-state index is 12.2. The van der Waals surface area contributed by atoms with E-state index in [-0.39, 0.29) is 29.1 Å². The fourth-order valence-corrected chi connectivity index (χ4v) is 2.36. The van der Waals surface area contributed by atoms with Crippen LogP contribution in [0.3, 0.4) is 0 Å². The fourth-order valence-electron chi connectivity index (χ4n) is 2.36. The van der Waals surface area contributed by atoms with Crippen LogP contribution in [0.25, 0.3) is 0 Å². The third-order valence-electron chi connectivity index (χ3n) is 3.71. The number of aromatic hydroxyl groups is 1. The molecule has 1 atom stereocenters.